The molecule has 0 rings (SSSR count). The summed E-state index contributed by atoms with van der Waals surface area (Å²) in [5, 5.41) is 10.6. The van der Waals surface area contributed by atoms with Gasteiger partial charge in [0.1, 0.15) is 19.3 Å². The highest BCUT2D eigenvalue weighted by atomic mass is 31.2. The van der Waals surface area contributed by atoms with Gasteiger partial charge in [-0.05, 0) is 31.6 Å². The number of phosphoric acid groups is 2. The van der Waals surface area contributed by atoms with E-state index in [0.717, 1.165) is 96.3 Å². The van der Waals surface area contributed by atoms with Gasteiger partial charge in [0.15, 0.2) is 12.2 Å². The number of aliphatic hydroxyl groups excluding tert-OH is 1. The summed E-state index contributed by atoms with van der Waals surface area (Å²) in [5.41, 5.74) is 0. The van der Waals surface area contributed by atoms with Gasteiger partial charge in [-0.25, -0.2) is 9.13 Å². The van der Waals surface area contributed by atoms with Gasteiger partial charge in [-0.15, -0.1) is 0 Å². The van der Waals surface area contributed by atoms with E-state index in [-0.39, 0.29) is 25.7 Å². The summed E-state index contributed by atoms with van der Waals surface area (Å²) in [6.45, 7) is 7.23. The van der Waals surface area contributed by atoms with Crippen molar-refractivity contribution in [3.05, 3.63) is 0 Å². The number of esters is 4. The van der Waals surface area contributed by atoms with Crippen LogP contribution in [0.1, 0.15) is 413 Å². The Morgan fingerprint density at radius 3 is 0.701 bits per heavy atom. The molecule has 2 unspecified atom stereocenters. The monoisotopic (exact) mass is 1420 g/mol. The average Bonchev–Trinajstić information content (AvgIpc) is 1.63. The fraction of sp³-hybridized carbons (Fsp3) is 0.949. The molecule has 0 bridgehead atoms. The molecule has 3 N–H and O–H groups in total. The number of carbonyl (C=O) groups excluding carboxylic acids is 4. The van der Waals surface area contributed by atoms with Crippen LogP contribution in [0.5, 0.6) is 0 Å². The molecule has 0 saturated carbocycles. The molecule has 0 aromatic heterocycles. The zero-order valence-electron chi connectivity index (χ0n) is 63.2. The van der Waals surface area contributed by atoms with E-state index in [4.69, 9.17) is 37.0 Å². The summed E-state index contributed by atoms with van der Waals surface area (Å²) in [6, 6.07) is 0. The van der Waals surface area contributed by atoms with Crippen LogP contribution in [0.2, 0.25) is 0 Å². The van der Waals surface area contributed by atoms with Crippen LogP contribution >= 0.6 is 15.6 Å². The predicted molar refractivity (Wildman–Crippen MR) is 395 cm³/mol. The van der Waals surface area contributed by atoms with Crippen LogP contribution in [-0.4, -0.2) is 96.7 Å². The molecule has 5 atom stereocenters. The second-order valence-corrected chi connectivity index (χ2v) is 31.5. The van der Waals surface area contributed by atoms with E-state index in [1.807, 2.05) is 0 Å². The van der Waals surface area contributed by atoms with Crippen LogP contribution in [0, 0.1) is 5.92 Å². The smallest absolute Gasteiger partial charge is 0.462 e. The van der Waals surface area contributed by atoms with E-state index < -0.39 is 97.5 Å². The molecule has 0 saturated heterocycles. The maximum absolute atomic E-state index is 13.1. The van der Waals surface area contributed by atoms with E-state index >= 15 is 0 Å². The number of hydrogen-bond acceptors (Lipinski definition) is 15. The first-order chi connectivity index (χ1) is 47.0. The van der Waals surface area contributed by atoms with E-state index in [0.29, 0.717) is 31.6 Å². The lowest BCUT2D eigenvalue weighted by Crippen LogP contribution is -2.30. The number of carbonyl (C=O) groups is 4. The summed E-state index contributed by atoms with van der Waals surface area (Å²) in [7, 11) is -9.91. The van der Waals surface area contributed by atoms with Crippen LogP contribution in [0.25, 0.3) is 0 Å². The van der Waals surface area contributed by atoms with Crippen molar-refractivity contribution in [3.8, 4) is 0 Å². The molecule has 17 nitrogen and oxygen atoms in total. The van der Waals surface area contributed by atoms with Crippen molar-refractivity contribution in [2.45, 2.75) is 432 Å². The first-order valence-electron chi connectivity index (χ1n) is 40.6. The minimum atomic E-state index is -4.96. The van der Waals surface area contributed by atoms with Crippen molar-refractivity contribution in [1.29, 1.82) is 0 Å². The Morgan fingerprint density at radius 2 is 0.474 bits per heavy atom. The first kappa shape index (κ1) is 95.1. The number of aliphatic hydroxyl groups is 1. The Kier molecular flexibility index (Phi) is 69.6. The SMILES string of the molecule is CCCCCCCCCCCCCCCCCCCCC(=O)O[C@H](COC(=O)CCCCCCCCCCCCCCCCCC)COP(=O)(O)OC[C@@H](O)COP(=O)(O)OC[C@@H](COC(=O)CCCCCCCCC(C)C)OC(=O)CCCCCCCCCCCCCCCC. The van der Waals surface area contributed by atoms with Gasteiger partial charge in [0.05, 0.1) is 26.4 Å². The number of rotatable bonds is 78. The largest absolute Gasteiger partial charge is 0.472 e. The molecule has 0 radical (unpaired) electrons. The van der Waals surface area contributed by atoms with Gasteiger partial charge in [-0.3, -0.25) is 37.3 Å². The quantitative estimate of drug-likeness (QED) is 0.0222. The van der Waals surface area contributed by atoms with Crippen LogP contribution in [0.4, 0.5) is 0 Å². The standard InChI is InChI=1S/C78H152O17P2/c1-6-9-12-15-18-21-24-27-30-32-33-35-38-41-44-47-54-59-64-77(82)94-73(67-88-75(80)61-56-51-45-42-39-37-34-31-28-25-22-19-16-13-10-7-2)69-92-96(84,85)90-65-72(79)66-91-97(86,87)93-70-74(68-89-76(81)62-57-52-49-48-50-55-60-71(4)5)95-78(83)63-58-53-46-43-40-36-29-26-23-20-17-14-11-8-3/h71-74,79H,6-70H2,1-5H3,(H,84,85)(H,86,87)/t72-,73-,74-/m1/s1. The van der Waals surface area contributed by atoms with Crippen molar-refractivity contribution in [1.82, 2.24) is 0 Å². The second kappa shape index (κ2) is 71.1. The van der Waals surface area contributed by atoms with E-state index in [9.17, 15) is 43.2 Å². The maximum Gasteiger partial charge on any atom is 0.472 e. The first-order valence-corrected chi connectivity index (χ1v) is 43.6. The molecule has 576 valence electrons. The lowest BCUT2D eigenvalue weighted by atomic mass is 10.0. The maximum atomic E-state index is 13.1. The number of hydrogen-bond donors (Lipinski definition) is 3. The van der Waals surface area contributed by atoms with Gasteiger partial charge in [0, 0.05) is 25.7 Å². The van der Waals surface area contributed by atoms with Gasteiger partial charge in [0.2, 0.25) is 0 Å². The average molecular weight is 1420 g/mol. The zero-order chi connectivity index (χ0) is 71.2. The molecular formula is C78H152O17P2. The molecule has 0 aromatic carbocycles. The number of phosphoric ester groups is 2. The van der Waals surface area contributed by atoms with Gasteiger partial charge < -0.3 is 33.8 Å². The van der Waals surface area contributed by atoms with E-state index in [2.05, 4.69) is 34.6 Å². The predicted octanol–water partition coefficient (Wildman–Crippen LogP) is 23.3. The molecule has 0 heterocycles. The van der Waals surface area contributed by atoms with Gasteiger partial charge in [-0.1, -0.05) is 362 Å². The third kappa shape index (κ3) is 72.2. The Hall–Kier alpha value is -1.94. The molecule has 19 heteroatoms. The summed E-state index contributed by atoms with van der Waals surface area (Å²) < 4.78 is 68.6. The molecule has 0 amide bonds. The second-order valence-electron chi connectivity index (χ2n) is 28.6. The molecule has 0 aliphatic rings. The van der Waals surface area contributed by atoms with E-state index in [1.54, 1.807) is 0 Å². The number of ether oxygens (including phenoxy) is 4. The molecular weight excluding hydrogens is 1270 g/mol. The highest BCUT2D eigenvalue weighted by Crippen LogP contribution is 2.45. The summed E-state index contributed by atoms with van der Waals surface area (Å²) in [6.07, 6.45) is 61.1. The fourth-order valence-electron chi connectivity index (χ4n) is 12.1. The Balaban J connectivity index is 5.23. The Morgan fingerprint density at radius 1 is 0.278 bits per heavy atom. The van der Waals surface area contributed by atoms with Crippen LogP contribution in [0.15, 0.2) is 0 Å². The van der Waals surface area contributed by atoms with Crippen LogP contribution < -0.4 is 0 Å². The van der Waals surface area contributed by atoms with Crippen LogP contribution in [-0.2, 0) is 65.4 Å². The summed E-state index contributed by atoms with van der Waals surface area (Å²) in [5.74, 6) is -1.43. The molecule has 0 aliphatic heterocycles. The fourth-order valence-corrected chi connectivity index (χ4v) is 13.6. The normalized spacial score (nSPS) is 13.9. The Bertz CT molecular complexity index is 1860. The topological polar surface area (TPSA) is 237 Å². The van der Waals surface area contributed by atoms with Gasteiger partial charge >= 0.3 is 39.5 Å². The van der Waals surface area contributed by atoms with E-state index in [1.165, 1.54) is 231 Å². The van der Waals surface area contributed by atoms with Crippen LogP contribution in [0.3, 0.4) is 0 Å². The highest BCUT2D eigenvalue weighted by molar-refractivity contribution is 7.47. The molecule has 0 aromatic rings. The zero-order valence-corrected chi connectivity index (χ0v) is 65.0. The third-order valence-electron chi connectivity index (χ3n) is 18.3. The summed E-state index contributed by atoms with van der Waals surface area (Å²) >= 11 is 0. The van der Waals surface area contributed by atoms with Crippen molar-refractivity contribution in [2.24, 2.45) is 5.92 Å². The Labute approximate surface area is 594 Å². The van der Waals surface area contributed by atoms with Gasteiger partial charge in [0.25, 0.3) is 0 Å². The molecule has 0 spiro atoms. The van der Waals surface area contributed by atoms with Crippen molar-refractivity contribution in [3.63, 3.8) is 0 Å². The van der Waals surface area contributed by atoms with Gasteiger partial charge in [-0.2, -0.15) is 0 Å². The minimum absolute atomic E-state index is 0.107. The summed E-state index contributed by atoms with van der Waals surface area (Å²) in [4.78, 5) is 72.9. The molecule has 0 aliphatic carbocycles. The van der Waals surface area contributed by atoms with Crippen molar-refractivity contribution in [2.75, 3.05) is 39.6 Å². The van der Waals surface area contributed by atoms with Crippen molar-refractivity contribution < 1.29 is 80.2 Å². The highest BCUT2D eigenvalue weighted by Gasteiger charge is 2.30. The lowest BCUT2D eigenvalue weighted by Gasteiger charge is -2.21. The lowest BCUT2D eigenvalue weighted by molar-refractivity contribution is -0.161. The minimum Gasteiger partial charge on any atom is -0.462 e. The molecule has 0 fully saturated rings. The molecule has 97 heavy (non-hydrogen) atoms. The number of unbranched alkanes of at least 4 members (excludes halogenated alkanes) is 50. The third-order valence-corrected chi connectivity index (χ3v) is 20.2. The van der Waals surface area contributed by atoms with Crippen molar-refractivity contribution >= 4 is 39.5 Å².